The van der Waals surface area contributed by atoms with Crippen molar-refractivity contribution in [2.75, 3.05) is 0 Å². The highest BCUT2D eigenvalue weighted by atomic mass is 32.2. The van der Waals surface area contributed by atoms with E-state index in [0.717, 1.165) is 17.0 Å². The fourth-order valence-corrected chi connectivity index (χ4v) is 3.48. The van der Waals surface area contributed by atoms with Crippen molar-refractivity contribution in [3.63, 3.8) is 0 Å². The Bertz CT molecular complexity index is 526. The number of aryl methyl sites for hydroxylation is 2. The molecule has 0 unspecified atom stereocenters. The molecule has 0 spiro atoms. The van der Waals surface area contributed by atoms with Gasteiger partial charge in [-0.3, -0.25) is 4.68 Å². The van der Waals surface area contributed by atoms with E-state index in [0.29, 0.717) is 13.1 Å². The SMILES string of the molecule is Cc1nn(C)c2c1CN(S(=O)(=O)C(C)(C)C)C2. The molecule has 6 heteroatoms. The van der Waals surface area contributed by atoms with Crippen molar-refractivity contribution in [2.45, 2.75) is 45.5 Å². The Hall–Kier alpha value is -0.880. The lowest BCUT2D eigenvalue weighted by Gasteiger charge is -2.26. The standard InChI is InChI=1S/C11H19N3O2S/c1-8-9-6-14(7-10(9)13(5)12-8)17(15,16)11(2,3)4/h6-7H2,1-5H3. The van der Waals surface area contributed by atoms with Crippen LogP contribution >= 0.6 is 0 Å². The van der Waals surface area contributed by atoms with E-state index in [1.54, 1.807) is 29.8 Å². The molecule has 0 saturated carbocycles. The molecule has 1 aliphatic rings. The van der Waals surface area contributed by atoms with Gasteiger partial charge in [0.2, 0.25) is 10.0 Å². The van der Waals surface area contributed by atoms with Crippen LogP contribution in [0.1, 0.15) is 37.7 Å². The Balaban J connectivity index is 2.36. The Morgan fingerprint density at radius 3 is 2.29 bits per heavy atom. The summed E-state index contributed by atoms with van der Waals surface area (Å²) in [6.07, 6.45) is 0. The maximum absolute atomic E-state index is 12.3. The fraction of sp³-hybridized carbons (Fsp3) is 0.727. The van der Waals surface area contributed by atoms with Crippen LogP contribution in [0.15, 0.2) is 0 Å². The van der Waals surface area contributed by atoms with Gasteiger partial charge in [-0.1, -0.05) is 0 Å². The van der Waals surface area contributed by atoms with Gasteiger partial charge in [0.05, 0.1) is 22.7 Å². The fourth-order valence-electron chi connectivity index (χ4n) is 2.11. The summed E-state index contributed by atoms with van der Waals surface area (Å²) in [5.74, 6) is 0. The van der Waals surface area contributed by atoms with Gasteiger partial charge in [0, 0.05) is 19.2 Å². The third-order valence-electron chi connectivity index (χ3n) is 3.25. The van der Waals surface area contributed by atoms with Crippen molar-refractivity contribution in [3.05, 3.63) is 17.0 Å². The lowest BCUT2D eigenvalue weighted by molar-refractivity contribution is 0.402. The summed E-state index contributed by atoms with van der Waals surface area (Å²) in [5, 5.41) is 4.31. The number of hydrogen-bond donors (Lipinski definition) is 0. The molecule has 0 amide bonds. The zero-order valence-electron chi connectivity index (χ0n) is 11.0. The van der Waals surface area contributed by atoms with Gasteiger partial charge in [-0.25, -0.2) is 8.42 Å². The van der Waals surface area contributed by atoms with Crippen LogP contribution in [-0.2, 0) is 30.2 Å². The first-order chi connectivity index (χ1) is 7.64. The largest absolute Gasteiger partial charge is 0.271 e. The van der Waals surface area contributed by atoms with Gasteiger partial charge < -0.3 is 0 Å². The molecule has 17 heavy (non-hydrogen) atoms. The Morgan fingerprint density at radius 2 is 1.82 bits per heavy atom. The van der Waals surface area contributed by atoms with Gasteiger partial charge in [-0.15, -0.1) is 0 Å². The molecule has 0 radical (unpaired) electrons. The highest BCUT2D eigenvalue weighted by molar-refractivity contribution is 7.90. The molecule has 0 saturated heterocycles. The number of hydrogen-bond acceptors (Lipinski definition) is 3. The lowest BCUT2D eigenvalue weighted by atomic mass is 10.2. The van der Waals surface area contributed by atoms with Crippen LogP contribution in [0.25, 0.3) is 0 Å². The minimum absolute atomic E-state index is 0.437. The molecule has 5 nitrogen and oxygen atoms in total. The van der Waals surface area contributed by atoms with Crippen molar-refractivity contribution in [2.24, 2.45) is 7.05 Å². The van der Waals surface area contributed by atoms with Gasteiger partial charge in [0.25, 0.3) is 0 Å². The molecule has 0 atom stereocenters. The van der Waals surface area contributed by atoms with Crippen LogP contribution in [0.5, 0.6) is 0 Å². The summed E-state index contributed by atoms with van der Waals surface area (Å²) >= 11 is 0. The van der Waals surface area contributed by atoms with Crippen LogP contribution in [-0.4, -0.2) is 27.3 Å². The van der Waals surface area contributed by atoms with E-state index in [4.69, 9.17) is 0 Å². The second kappa shape index (κ2) is 3.55. The molecule has 1 aromatic rings. The summed E-state index contributed by atoms with van der Waals surface area (Å²) in [7, 11) is -1.39. The summed E-state index contributed by atoms with van der Waals surface area (Å²) in [6.45, 7) is 8.01. The molecular formula is C11H19N3O2S. The third-order valence-corrected chi connectivity index (χ3v) is 5.74. The molecule has 2 heterocycles. The second-order valence-corrected chi connectivity index (χ2v) is 8.21. The highest BCUT2D eigenvalue weighted by Crippen LogP contribution is 2.31. The molecule has 0 fully saturated rings. The van der Waals surface area contributed by atoms with E-state index in [-0.39, 0.29) is 0 Å². The predicted octanol–water partition coefficient (Wildman–Crippen LogP) is 1.17. The zero-order chi connectivity index (χ0) is 13.0. The van der Waals surface area contributed by atoms with E-state index in [9.17, 15) is 8.42 Å². The molecule has 0 aromatic carbocycles. The Kier molecular flexibility index (Phi) is 2.63. The molecule has 0 aliphatic carbocycles. The number of sulfonamides is 1. The Labute approximate surface area is 102 Å². The van der Waals surface area contributed by atoms with Gasteiger partial charge in [0.1, 0.15) is 0 Å². The van der Waals surface area contributed by atoms with Crippen molar-refractivity contribution >= 4 is 10.0 Å². The van der Waals surface area contributed by atoms with Crippen molar-refractivity contribution < 1.29 is 8.42 Å². The molecular weight excluding hydrogens is 238 g/mol. The normalized spacial score (nSPS) is 17.5. The summed E-state index contributed by atoms with van der Waals surface area (Å²) < 4.78 is 27.3. The van der Waals surface area contributed by atoms with E-state index >= 15 is 0 Å². The quantitative estimate of drug-likeness (QED) is 0.759. The zero-order valence-corrected chi connectivity index (χ0v) is 11.8. The summed E-state index contributed by atoms with van der Waals surface area (Å²) in [4.78, 5) is 0. The molecule has 1 aliphatic heterocycles. The first kappa shape index (κ1) is 12.6. The van der Waals surface area contributed by atoms with E-state index in [1.807, 2.05) is 14.0 Å². The smallest absolute Gasteiger partial charge is 0.219 e. The average molecular weight is 257 g/mol. The maximum Gasteiger partial charge on any atom is 0.219 e. The van der Waals surface area contributed by atoms with Crippen LogP contribution in [0, 0.1) is 6.92 Å². The molecule has 0 N–H and O–H groups in total. The molecule has 96 valence electrons. The molecule has 0 bridgehead atoms. The van der Waals surface area contributed by atoms with Crippen LogP contribution < -0.4 is 0 Å². The van der Waals surface area contributed by atoms with Gasteiger partial charge >= 0.3 is 0 Å². The Morgan fingerprint density at radius 1 is 1.24 bits per heavy atom. The number of nitrogens with zero attached hydrogens (tertiary/aromatic N) is 3. The van der Waals surface area contributed by atoms with Gasteiger partial charge in [-0.05, 0) is 27.7 Å². The first-order valence-electron chi connectivity index (χ1n) is 5.65. The van der Waals surface area contributed by atoms with E-state index in [2.05, 4.69) is 5.10 Å². The predicted molar refractivity (Wildman–Crippen MR) is 65.9 cm³/mol. The van der Waals surface area contributed by atoms with Crippen molar-refractivity contribution in [1.29, 1.82) is 0 Å². The third kappa shape index (κ3) is 1.79. The lowest BCUT2D eigenvalue weighted by Crippen LogP contribution is -2.40. The van der Waals surface area contributed by atoms with Crippen LogP contribution in [0.3, 0.4) is 0 Å². The summed E-state index contributed by atoms with van der Waals surface area (Å²) in [5.41, 5.74) is 2.99. The minimum Gasteiger partial charge on any atom is -0.271 e. The minimum atomic E-state index is -3.26. The van der Waals surface area contributed by atoms with Crippen LogP contribution in [0.2, 0.25) is 0 Å². The molecule has 1 aromatic heterocycles. The number of aromatic nitrogens is 2. The van der Waals surface area contributed by atoms with Gasteiger partial charge in [0.15, 0.2) is 0 Å². The van der Waals surface area contributed by atoms with Crippen molar-refractivity contribution in [3.8, 4) is 0 Å². The average Bonchev–Trinajstić information content (AvgIpc) is 2.68. The second-order valence-electron chi connectivity index (χ2n) is 5.52. The maximum atomic E-state index is 12.3. The van der Waals surface area contributed by atoms with E-state index < -0.39 is 14.8 Å². The topological polar surface area (TPSA) is 55.2 Å². The van der Waals surface area contributed by atoms with Crippen LogP contribution in [0.4, 0.5) is 0 Å². The number of rotatable bonds is 1. The molecule has 2 rings (SSSR count). The monoisotopic (exact) mass is 257 g/mol. The number of fused-ring (bicyclic) bond motifs is 1. The highest BCUT2D eigenvalue weighted by Gasteiger charge is 2.40. The van der Waals surface area contributed by atoms with Gasteiger partial charge in [-0.2, -0.15) is 9.40 Å². The summed E-state index contributed by atoms with van der Waals surface area (Å²) in [6, 6.07) is 0. The van der Waals surface area contributed by atoms with Crippen molar-refractivity contribution in [1.82, 2.24) is 14.1 Å². The first-order valence-corrected chi connectivity index (χ1v) is 7.09. The van der Waals surface area contributed by atoms with E-state index in [1.165, 1.54) is 0 Å².